The number of ether oxygens (including phenoxy) is 1. The van der Waals surface area contributed by atoms with Crippen molar-refractivity contribution in [1.29, 1.82) is 0 Å². The standard InChI is InChI=1S/C19H25N3O3S/c1-19(2,3)25-18(24)16(15-17(23)22-14(26-4)12-21-15)20-11-10-13-8-6-5-7-9-13/h5-9,12,16,20H,10-11H2,1-4H3,(H,22,23). The zero-order chi connectivity index (χ0) is 19.2. The maximum atomic E-state index is 12.6. The Morgan fingerprint density at radius 1 is 1.31 bits per heavy atom. The highest BCUT2D eigenvalue weighted by Gasteiger charge is 2.29. The van der Waals surface area contributed by atoms with Gasteiger partial charge in [-0.15, -0.1) is 11.8 Å². The fraction of sp³-hybridized carbons (Fsp3) is 0.421. The predicted molar refractivity (Wildman–Crippen MR) is 103 cm³/mol. The molecule has 1 heterocycles. The molecule has 0 aliphatic carbocycles. The lowest BCUT2D eigenvalue weighted by atomic mass is 10.1. The summed E-state index contributed by atoms with van der Waals surface area (Å²) in [5, 5.41) is 3.77. The Balaban J connectivity index is 2.18. The zero-order valence-electron chi connectivity index (χ0n) is 15.5. The Hall–Kier alpha value is -2.12. The number of aromatic nitrogens is 2. The van der Waals surface area contributed by atoms with E-state index in [1.165, 1.54) is 11.8 Å². The number of nitrogens with one attached hydrogen (secondary N) is 2. The summed E-state index contributed by atoms with van der Waals surface area (Å²) in [6.07, 6.45) is 4.12. The fourth-order valence-electron chi connectivity index (χ4n) is 2.36. The molecule has 0 radical (unpaired) electrons. The van der Waals surface area contributed by atoms with Crippen LogP contribution in [0.25, 0.3) is 0 Å². The molecule has 2 aromatic rings. The minimum atomic E-state index is -0.919. The van der Waals surface area contributed by atoms with E-state index in [2.05, 4.69) is 15.3 Å². The van der Waals surface area contributed by atoms with Crippen molar-refractivity contribution in [2.75, 3.05) is 12.8 Å². The van der Waals surface area contributed by atoms with E-state index in [1.54, 1.807) is 27.0 Å². The Bertz CT molecular complexity index is 785. The van der Waals surface area contributed by atoms with Gasteiger partial charge >= 0.3 is 5.97 Å². The smallest absolute Gasteiger partial charge is 0.330 e. The van der Waals surface area contributed by atoms with Crippen LogP contribution in [0.1, 0.15) is 38.1 Å². The summed E-state index contributed by atoms with van der Waals surface area (Å²) in [6.45, 7) is 5.89. The molecule has 0 aliphatic heterocycles. The third-order valence-corrected chi connectivity index (χ3v) is 4.18. The van der Waals surface area contributed by atoms with Crippen molar-refractivity contribution in [3.8, 4) is 0 Å². The molecule has 0 bridgehead atoms. The first-order valence-electron chi connectivity index (χ1n) is 8.43. The van der Waals surface area contributed by atoms with E-state index in [0.29, 0.717) is 11.6 Å². The lowest BCUT2D eigenvalue weighted by molar-refractivity contribution is -0.157. The monoisotopic (exact) mass is 375 g/mol. The highest BCUT2D eigenvalue weighted by atomic mass is 32.2. The molecule has 1 aromatic heterocycles. The van der Waals surface area contributed by atoms with E-state index < -0.39 is 17.6 Å². The number of aromatic amines is 1. The maximum absolute atomic E-state index is 12.6. The molecule has 7 heteroatoms. The van der Waals surface area contributed by atoms with Gasteiger partial charge in [-0.3, -0.25) is 15.1 Å². The van der Waals surface area contributed by atoms with Crippen molar-refractivity contribution in [1.82, 2.24) is 15.3 Å². The molecule has 1 unspecified atom stereocenters. The van der Waals surface area contributed by atoms with Crippen LogP contribution in [-0.2, 0) is 16.0 Å². The second-order valence-corrected chi connectivity index (χ2v) is 7.67. The van der Waals surface area contributed by atoms with Gasteiger partial charge in [0.05, 0.1) is 11.2 Å². The first-order chi connectivity index (χ1) is 12.3. The zero-order valence-corrected chi connectivity index (χ0v) is 16.4. The SMILES string of the molecule is CSc1cnc(C(NCCc2ccccc2)C(=O)OC(C)(C)C)c(=O)[nH]1. The van der Waals surface area contributed by atoms with Gasteiger partial charge in [-0.1, -0.05) is 30.3 Å². The lowest BCUT2D eigenvalue weighted by Crippen LogP contribution is -2.39. The van der Waals surface area contributed by atoms with Crippen LogP contribution in [0.15, 0.2) is 46.3 Å². The molecule has 0 spiro atoms. The van der Waals surface area contributed by atoms with Crippen LogP contribution in [0.2, 0.25) is 0 Å². The molecule has 0 amide bonds. The van der Waals surface area contributed by atoms with Gasteiger partial charge in [-0.25, -0.2) is 4.79 Å². The summed E-state index contributed by atoms with van der Waals surface area (Å²) in [4.78, 5) is 31.9. The minimum absolute atomic E-state index is 0.116. The van der Waals surface area contributed by atoms with Crippen LogP contribution in [0.4, 0.5) is 0 Å². The van der Waals surface area contributed by atoms with Gasteiger partial charge < -0.3 is 9.72 Å². The third kappa shape index (κ3) is 6.00. The molecule has 2 N–H and O–H groups in total. The number of esters is 1. The number of nitrogens with zero attached hydrogens (tertiary/aromatic N) is 1. The lowest BCUT2D eigenvalue weighted by Gasteiger charge is -2.24. The van der Waals surface area contributed by atoms with Gasteiger partial charge in [0, 0.05) is 6.54 Å². The first-order valence-corrected chi connectivity index (χ1v) is 9.66. The molecule has 0 aliphatic rings. The highest BCUT2D eigenvalue weighted by Crippen LogP contribution is 2.16. The number of hydrogen-bond donors (Lipinski definition) is 2. The molecule has 26 heavy (non-hydrogen) atoms. The molecule has 1 atom stereocenters. The van der Waals surface area contributed by atoms with E-state index in [1.807, 2.05) is 36.6 Å². The average molecular weight is 375 g/mol. The fourth-order valence-corrected chi connectivity index (χ4v) is 2.72. The normalized spacial score (nSPS) is 12.6. The van der Waals surface area contributed by atoms with E-state index in [-0.39, 0.29) is 11.3 Å². The molecule has 6 nitrogen and oxygen atoms in total. The topological polar surface area (TPSA) is 84.1 Å². The van der Waals surface area contributed by atoms with Crippen molar-refractivity contribution >= 4 is 17.7 Å². The van der Waals surface area contributed by atoms with Crippen LogP contribution in [0.3, 0.4) is 0 Å². The van der Waals surface area contributed by atoms with Crippen LogP contribution in [-0.4, -0.2) is 34.3 Å². The van der Waals surface area contributed by atoms with Crippen LogP contribution < -0.4 is 10.9 Å². The van der Waals surface area contributed by atoms with Crippen molar-refractivity contribution < 1.29 is 9.53 Å². The Morgan fingerprint density at radius 3 is 2.58 bits per heavy atom. The summed E-state index contributed by atoms with van der Waals surface area (Å²) in [7, 11) is 0. The Kier molecular flexibility index (Phi) is 6.99. The third-order valence-electron chi connectivity index (χ3n) is 3.53. The predicted octanol–water partition coefficient (Wildman–Crippen LogP) is 2.71. The Labute approximate surface area is 157 Å². The van der Waals surface area contributed by atoms with E-state index in [0.717, 1.165) is 12.0 Å². The van der Waals surface area contributed by atoms with Crippen molar-refractivity contribution in [3.05, 3.63) is 58.1 Å². The molecular weight excluding hydrogens is 350 g/mol. The Morgan fingerprint density at radius 2 is 2.00 bits per heavy atom. The number of carbonyl (C=O) groups excluding carboxylic acids is 1. The molecule has 0 saturated carbocycles. The molecule has 0 saturated heterocycles. The van der Waals surface area contributed by atoms with E-state index in [4.69, 9.17) is 4.74 Å². The second-order valence-electron chi connectivity index (χ2n) is 6.82. The van der Waals surface area contributed by atoms with Crippen LogP contribution in [0.5, 0.6) is 0 Å². The molecule has 0 fully saturated rings. The van der Waals surface area contributed by atoms with Crippen molar-refractivity contribution in [3.63, 3.8) is 0 Å². The number of rotatable bonds is 7. The number of carbonyl (C=O) groups is 1. The molecule has 2 rings (SSSR count). The van der Waals surface area contributed by atoms with E-state index in [9.17, 15) is 9.59 Å². The van der Waals surface area contributed by atoms with Gasteiger partial charge in [0.15, 0.2) is 6.04 Å². The minimum Gasteiger partial charge on any atom is -0.458 e. The second kappa shape index (κ2) is 9.00. The molecular formula is C19H25N3O3S. The van der Waals surface area contributed by atoms with Gasteiger partial charge in [-0.2, -0.15) is 0 Å². The number of thioether (sulfide) groups is 1. The number of hydrogen-bond acceptors (Lipinski definition) is 6. The molecule has 140 valence electrons. The number of H-pyrrole nitrogens is 1. The summed E-state index contributed by atoms with van der Waals surface area (Å²) in [6, 6.07) is 9.00. The summed E-state index contributed by atoms with van der Waals surface area (Å²) in [5.41, 5.74) is 0.218. The summed E-state index contributed by atoms with van der Waals surface area (Å²) < 4.78 is 5.47. The maximum Gasteiger partial charge on any atom is 0.330 e. The highest BCUT2D eigenvalue weighted by molar-refractivity contribution is 7.98. The van der Waals surface area contributed by atoms with Crippen molar-refractivity contribution in [2.24, 2.45) is 0 Å². The largest absolute Gasteiger partial charge is 0.458 e. The van der Waals surface area contributed by atoms with Crippen molar-refractivity contribution in [2.45, 2.75) is 43.9 Å². The van der Waals surface area contributed by atoms with Gasteiger partial charge in [-0.05, 0) is 39.0 Å². The quantitative estimate of drug-likeness (QED) is 0.572. The summed E-state index contributed by atoms with van der Waals surface area (Å²) >= 11 is 1.38. The van der Waals surface area contributed by atoms with Gasteiger partial charge in [0.25, 0.3) is 5.56 Å². The van der Waals surface area contributed by atoms with E-state index >= 15 is 0 Å². The first kappa shape index (κ1) is 20.2. The molecule has 1 aromatic carbocycles. The average Bonchev–Trinajstić information content (AvgIpc) is 2.58. The van der Waals surface area contributed by atoms with Crippen LogP contribution in [0, 0.1) is 0 Å². The van der Waals surface area contributed by atoms with Gasteiger partial charge in [0.1, 0.15) is 11.3 Å². The van der Waals surface area contributed by atoms with Gasteiger partial charge in [0.2, 0.25) is 0 Å². The van der Waals surface area contributed by atoms with Crippen LogP contribution >= 0.6 is 11.8 Å². The number of benzene rings is 1. The summed E-state index contributed by atoms with van der Waals surface area (Å²) in [5.74, 6) is -0.513.